The summed E-state index contributed by atoms with van der Waals surface area (Å²) in [5.74, 6) is -12.6. The van der Waals surface area contributed by atoms with Crippen molar-refractivity contribution in [2.75, 3.05) is 26.2 Å². The first-order valence-corrected chi connectivity index (χ1v) is 24.1. The monoisotopic (exact) mass is 1040 g/mol. The number of aliphatic hydroxyl groups is 2. The zero-order valence-electron chi connectivity index (χ0n) is 42.1. The van der Waals surface area contributed by atoms with E-state index >= 15 is 0 Å². The van der Waals surface area contributed by atoms with Crippen LogP contribution in [-0.2, 0) is 52.7 Å². The molecule has 414 valence electrons. The summed E-state index contributed by atoms with van der Waals surface area (Å²) in [6, 6.07) is -13.5. The summed E-state index contributed by atoms with van der Waals surface area (Å²) in [6.07, 6.45) is -2.65. The maximum absolute atomic E-state index is 14.0. The Labute approximate surface area is 423 Å². The number of nitrogens with one attached hydrogen (secondary N) is 7. The largest absolute Gasteiger partial charge is 0.481 e. The summed E-state index contributed by atoms with van der Waals surface area (Å²) in [4.78, 5) is 149. The van der Waals surface area contributed by atoms with Gasteiger partial charge in [-0.05, 0) is 83.1 Å². The van der Waals surface area contributed by atoms with Crippen molar-refractivity contribution in [3.8, 4) is 0 Å². The Morgan fingerprint density at radius 1 is 0.658 bits per heavy atom. The summed E-state index contributed by atoms with van der Waals surface area (Å²) in [5, 5.41) is 56.5. The standard InChI is InChI=1S/C44H78N14O15/c1-21(2)18-27(55-40(69)33(47)22(3)4)37(66)51-24(11-8-16-50-44(48)49)35(64)52-25(13-14-32(62)63)36(65)54-28(19-31(46)61)38(67)57-34(23(5)60)41(70)56-29(20-59)42(71)58-17-9-12-30(58)39(68)53-26(43(72)73)10-6-7-15-45/h21-30,33-34,59-60H,6-20,45,47H2,1-5H3,(H2,46,61)(H,51,66)(H,52,64)(H,53,68)(H,54,65)(H,55,69)(H,56,70)(H,57,67)(H,62,63)(H,72,73)(H4,48,49,50)/t23-,24+,25+,26+,27+,28+,29+,30+,33+,34+/m1/s1. The van der Waals surface area contributed by atoms with Crippen LogP contribution < -0.4 is 65.9 Å². The fourth-order valence-corrected chi connectivity index (χ4v) is 7.44. The minimum absolute atomic E-state index is 0.0165. The van der Waals surface area contributed by atoms with Crippen LogP contribution in [0.1, 0.15) is 105 Å². The number of carbonyl (C=O) groups is 11. The zero-order valence-corrected chi connectivity index (χ0v) is 42.1. The van der Waals surface area contributed by atoms with Crippen molar-refractivity contribution in [2.45, 2.75) is 166 Å². The number of unbranched alkanes of at least 4 members (excludes halogenated alkanes) is 1. The lowest BCUT2D eigenvalue weighted by atomic mass is 9.99. The summed E-state index contributed by atoms with van der Waals surface area (Å²) < 4.78 is 0. The van der Waals surface area contributed by atoms with Crippen LogP contribution in [0.5, 0.6) is 0 Å². The Bertz CT molecular complexity index is 1950. The second kappa shape index (κ2) is 32.4. The van der Waals surface area contributed by atoms with Gasteiger partial charge in [-0.3, -0.25) is 52.9 Å². The van der Waals surface area contributed by atoms with E-state index in [1.54, 1.807) is 27.7 Å². The number of aliphatic imine (C=N–C) groups is 1. The highest BCUT2D eigenvalue weighted by Crippen LogP contribution is 2.20. The van der Waals surface area contributed by atoms with E-state index in [1.807, 2.05) is 0 Å². The predicted molar refractivity (Wildman–Crippen MR) is 260 cm³/mol. The fraction of sp³-hybridized carbons (Fsp3) is 0.727. The number of aliphatic hydroxyl groups excluding tert-OH is 2. The van der Waals surface area contributed by atoms with Crippen molar-refractivity contribution in [1.82, 2.24) is 42.1 Å². The van der Waals surface area contributed by atoms with E-state index in [2.05, 4.69) is 42.2 Å². The van der Waals surface area contributed by atoms with Crippen LogP contribution in [0.3, 0.4) is 0 Å². The third-order valence-electron chi connectivity index (χ3n) is 11.5. The molecule has 0 bridgehead atoms. The zero-order chi connectivity index (χ0) is 55.7. The number of aliphatic carboxylic acids is 2. The van der Waals surface area contributed by atoms with Crippen LogP contribution in [0.2, 0.25) is 0 Å². The van der Waals surface area contributed by atoms with E-state index in [-0.39, 0.29) is 63.0 Å². The molecule has 0 radical (unpaired) electrons. The number of hydrogen-bond donors (Lipinski definition) is 16. The molecule has 1 heterocycles. The number of rotatable bonds is 34. The first-order valence-electron chi connectivity index (χ1n) is 24.1. The average Bonchev–Trinajstić information content (AvgIpc) is 3.80. The molecule has 0 aliphatic carbocycles. The molecular weight excluding hydrogens is 965 g/mol. The molecule has 1 fully saturated rings. The molecular formula is C44H78N14O15. The van der Waals surface area contributed by atoms with E-state index in [1.165, 1.54) is 0 Å². The Kier molecular flexibility index (Phi) is 28.5. The topological polar surface area (TPSA) is 499 Å². The van der Waals surface area contributed by atoms with Gasteiger partial charge >= 0.3 is 11.9 Å². The van der Waals surface area contributed by atoms with Gasteiger partial charge in [-0.1, -0.05) is 27.7 Å². The number of amides is 9. The average molecular weight is 1040 g/mol. The number of guanidine groups is 1. The van der Waals surface area contributed by atoms with E-state index in [4.69, 9.17) is 28.7 Å². The van der Waals surface area contributed by atoms with Crippen LogP contribution in [-0.4, -0.2) is 183 Å². The second-order valence-electron chi connectivity index (χ2n) is 18.5. The number of nitrogens with zero attached hydrogens (tertiary/aromatic N) is 2. The van der Waals surface area contributed by atoms with Crippen LogP contribution >= 0.6 is 0 Å². The second-order valence-corrected chi connectivity index (χ2v) is 18.5. The number of primary amides is 1. The Balaban J connectivity index is 3.41. The minimum Gasteiger partial charge on any atom is -0.481 e. The highest BCUT2D eigenvalue weighted by atomic mass is 16.4. The number of hydrogen-bond acceptors (Lipinski definition) is 16. The lowest BCUT2D eigenvalue weighted by molar-refractivity contribution is -0.145. The van der Waals surface area contributed by atoms with Crippen LogP contribution in [0, 0.1) is 11.8 Å². The van der Waals surface area contributed by atoms with Crippen LogP contribution in [0.15, 0.2) is 4.99 Å². The summed E-state index contributed by atoms with van der Waals surface area (Å²) in [6.45, 7) is 7.26. The smallest absolute Gasteiger partial charge is 0.326 e. The first kappa shape index (κ1) is 64.3. The van der Waals surface area contributed by atoms with Gasteiger partial charge in [0.2, 0.25) is 53.2 Å². The van der Waals surface area contributed by atoms with Crippen molar-refractivity contribution >= 4 is 71.1 Å². The van der Waals surface area contributed by atoms with Gasteiger partial charge in [-0.25, -0.2) is 4.79 Å². The molecule has 0 spiro atoms. The third-order valence-corrected chi connectivity index (χ3v) is 11.5. The van der Waals surface area contributed by atoms with E-state index in [0.717, 1.165) is 11.8 Å². The Morgan fingerprint density at radius 3 is 1.70 bits per heavy atom. The molecule has 9 amide bonds. The highest BCUT2D eigenvalue weighted by Gasteiger charge is 2.41. The fourth-order valence-electron chi connectivity index (χ4n) is 7.44. The van der Waals surface area contributed by atoms with Gasteiger partial charge in [0, 0.05) is 19.5 Å². The molecule has 0 aromatic carbocycles. The minimum atomic E-state index is -1.96. The normalized spacial score (nSPS) is 17.0. The van der Waals surface area contributed by atoms with E-state index in [0.29, 0.717) is 25.8 Å². The number of nitrogens with two attached hydrogens (primary N) is 5. The van der Waals surface area contributed by atoms with Gasteiger partial charge in [0.1, 0.15) is 48.3 Å². The maximum Gasteiger partial charge on any atom is 0.326 e. The molecule has 1 rings (SSSR count). The molecule has 0 aromatic rings. The van der Waals surface area contributed by atoms with Gasteiger partial charge in [-0.15, -0.1) is 0 Å². The number of carboxylic acid groups (broad SMARTS) is 2. The van der Waals surface area contributed by atoms with Gasteiger partial charge in [0.15, 0.2) is 5.96 Å². The van der Waals surface area contributed by atoms with E-state index in [9.17, 15) is 73.2 Å². The van der Waals surface area contributed by atoms with Gasteiger partial charge in [-0.2, -0.15) is 0 Å². The van der Waals surface area contributed by atoms with Gasteiger partial charge in [0.05, 0.1) is 25.2 Å². The third kappa shape index (κ3) is 23.1. The molecule has 29 nitrogen and oxygen atoms in total. The van der Waals surface area contributed by atoms with E-state index < -0.39 is 151 Å². The summed E-state index contributed by atoms with van der Waals surface area (Å²) in [5.41, 5.74) is 27.7. The SMILES string of the molecule is CC(C)C[C@H](NC(=O)[C@@H](N)C(C)C)C(=O)N[C@@H](CCCN=C(N)N)C(=O)N[C@@H](CCC(=O)O)C(=O)N[C@@H](CC(N)=O)C(=O)N[C@H](C(=O)N[C@@H](CO)C(=O)N1CCC[C@H]1C(=O)N[C@@H](CCCCN)C(=O)O)[C@@H](C)O. The van der Waals surface area contributed by atoms with Crippen molar-refractivity contribution in [1.29, 1.82) is 0 Å². The Hall–Kier alpha value is -6.72. The quantitative estimate of drug-likeness (QED) is 0.0162. The molecule has 73 heavy (non-hydrogen) atoms. The molecule has 21 N–H and O–H groups in total. The van der Waals surface area contributed by atoms with Crippen molar-refractivity contribution in [3.05, 3.63) is 0 Å². The molecule has 0 saturated carbocycles. The Morgan fingerprint density at radius 2 is 1.19 bits per heavy atom. The molecule has 29 heteroatoms. The lowest BCUT2D eigenvalue weighted by Crippen LogP contribution is -2.62. The number of carbonyl (C=O) groups excluding carboxylic acids is 9. The van der Waals surface area contributed by atoms with Crippen molar-refractivity contribution in [2.24, 2.45) is 45.5 Å². The van der Waals surface area contributed by atoms with Gasteiger partial charge in [0.25, 0.3) is 0 Å². The van der Waals surface area contributed by atoms with Crippen LogP contribution in [0.4, 0.5) is 0 Å². The van der Waals surface area contributed by atoms with Gasteiger partial charge < -0.3 is 91.2 Å². The summed E-state index contributed by atoms with van der Waals surface area (Å²) in [7, 11) is 0. The molecule has 0 unspecified atom stereocenters. The van der Waals surface area contributed by atoms with Crippen molar-refractivity contribution in [3.63, 3.8) is 0 Å². The maximum atomic E-state index is 14.0. The van der Waals surface area contributed by atoms with Crippen LogP contribution in [0.25, 0.3) is 0 Å². The molecule has 1 saturated heterocycles. The molecule has 1 aliphatic rings. The molecule has 0 aromatic heterocycles. The lowest BCUT2D eigenvalue weighted by Gasteiger charge is -2.30. The van der Waals surface area contributed by atoms with Crippen molar-refractivity contribution < 1.29 is 73.2 Å². The molecule has 10 atom stereocenters. The number of carboxylic acids is 2. The summed E-state index contributed by atoms with van der Waals surface area (Å²) >= 11 is 0. The predicted octanol–water partition coefficient (Wildman–Crippen LogP) is -6.22. The highest BCUT2D eigenvalue weighted by molar-refractivity contribution is 5.99. The first-order chi connectivity index (χ1) is 34.1. The number of likely N-dealkylation sites (tertiary alicyclic amines) is 1. The molecule has 1 aliphatic heterocycles.